The van der Waals surface area contributed by atoms with Gasteiger partial charge in [-0.05, 0) is 19.8 Å². The second-order valence-corrected chi connectivity index (χ2v) is 9.83. The van der Waals surface area contributed by atoms with E-state index in [1.54, 1.807) is 19.1 Å². The Labute approximate surface area is 184 Å². The molecule has 3 atom stereocenters. The number of allylic oxidation sites excluding steroid dienone is 1. The van der Waals surface area contributed by atoms with Crippen LogP contribution in [0.2, 0.25) is 0 Å². The minimum Gasteiger partial charge on any atom is -0.350 e. The fraction of sp³-hybridized carbons (Fsp3) is 0.550. The Morgan fingerprint density at radius 2 is 2.03 bits per heavy atom. The lowest BCUT2D eigenvalue weighted by Crippen LogP contribution is -2.56. The summed E-state index contributed by atoms with van der Waals surface area (Å²) in [5.74, 6) is -0.447. The highest BCUT2D eigenvalue weighted by molar-refractivity contribution is 8.14. The SMILES string of the molecule is C/C=C/[C@@H]1CC(=O)NCc2nc(cs2)C2=N[C@@](C)(CS2)C(=O)NC(C(C)C)C(=O)N1. The maximum Gasteiger partial charge on any atom is 0.249 e. The average molecular weight is 450 g/mol. The Balaban J connectivity index is 1.94. The van der Waals surface area contributed by atoms with Crippen molar-refractivity contribution in [1.82, 2.24) is 20.9 Å². The van der Waals surface area contributed by atoms with E-state index in [0.29, 0.717) is 23.0 Å². The normalized spacial score (nSPS) is 28.3. The maximum absolute atomic E-state index is 13.1. The molecule has 1 aromatic rings. The summed E-state index contributed by atoms with van der Waals surface area (Å²) in [6, 6.07) is -1.20. The molecule has 3 heterocycles. The molecule has 0 fully saturated rings. The summed E-state index contributed by atoms with van der Waals surface area (Å²) in [6.45, 7) is 7.66. The quantitative estimate of drug-likeness (QED) is 0.594. The maximum atomic E-state index is 13.1. The van der Waals surface area contributed by atoms with Gasteiger partial charge in [0, 0.05) is 11.1 Å². The molecular weight excluding hydrogens is 422 g/mol. The average Bonchev–Trinajstić information content (AvgIpc) is 3.31. The number of nitrogens with zero attached hydrogens (tertiary/aromatic N) is 2. The van der Waals surface area contributed by atoms with E-state index >= 15 is 0 Å². The van der Waals surface area contributed by atoms with Crippen LogP contribution in [0.15, 0.2) is 22.5 Å². The lowest BCUT2D eigenvalue weighted by atomic mass is 9.99. The van der Waals surface area contributed by atoms with E-state index in [0.717, 1.165) is 5.01 Å². The molecule has 0 saturated heterocycles. The fourth-order valence-corrected chi connectivity index (χ4v) is 5.11. The summed E-state index contributed by atoms with van der Waals surface area (Å²) >= 11 is 2.91. The van der Waals surface area contributed by atoms with Crippen molar-refractivity contribution >= 4 is 45.9 Å². The summed E-state index contributed by atoms with van der Waals surface area (Å²) in [5, 5.41) is 12.0. The number of nitrogens with one attached hydrogen (secondary N) is 3. The predicted molar refractivity (Wildman–Crippen MR) is 119 cm³/mol. The lowest BCUT2D eigenvalue weighted by molar-refractivity contribution is -0.132. The van der Waals surface area contributed by atoms with Crippen LogP contribution in [0.3, 0.4) is 0 Å². The van der Waals surface area contributed by atoms with E-state index in [1.165, 1.54) is 23.1 Å². The highest BCUT2D eigenvalue weighted by atomic mass is 32.2. The zero-order valence-electron chi connectivity index (χ0n) is 17.5. The molecule has 1 aromatic heterocycles. The first-order chi connectivity index (χ1) is 14.2. The minimum absolute atomic E-state index is 0.105. The van der Waals surface area contributed by atoms with Gasteiger partial charge in [0.15, 0.2) is 0 Å². The molecule has 2 aliphatic heterocycles. The number of aliphatic imine (C=N–C) groups is 1. The van der Waals surface area contributed by atoms with Gasteiger partial charge in [0.05, 0.1) is 19.0 Å². The number of rotatable bonds is 2. The third-order valence-electron chi connectivity index (χ3n) is 4.93. The van der Waals surface area contributed by atoms with Gasteiger partial charge in [-0.25, -0.2) is 4.98 Å². The number of amides is 3. The number of aromatic nitrogens is 1. The van der Waals surface area contributed by atoms with E-state index in [1.807, 2.05) is 26.2 Å². The molecule has 0 aliphatic carbocycles. The van der Waals surface area contributed by atoms with Gasteiger partial charge >= 0.3 is 0 Å². The van der Waals surface area contributed by atoms with Crippen LogP contribution in [0, 0.1) is 5.92 Å². The molecule has 3 rings (SSSR count). The van der Waals surface area contributed by atoms with E-state index < -0.39 is 17.6 Å². The monoisotopic (exact) mass is 449 g/mol. The largest absolute Gasteiger partial charge is 0.350 e. The van der Waals surface area contributed by atoms with E-state index in [2.05, 4.69) is 25.9 Å². The third kappa shape index (κ3) is 5.10. The molecule has 3 amide bonds. The van der Waals surface area contributed by atoms with Gasteiger partial charge in [-0.2, -0.15) is 0 Å². The standard InChI is InChI=1S/C20H27N5O3S2/c1-5-6-12-7-14(26)21-8-15-23-13(9-29-15)18-25-20(4,10-30-18)19(28)24-16(11(2)3)17(27)22-12/h5-6,9,11-12,16H,7-8,10H2,1-4H3,(H,21,26)(H,22,27)(H,24,28)/b6-5+/t12-,16?,20+/m1/s1. The number of hydrogen-bond donors (Lipinski definition) is 3. The summed E-state index contributed by atoms with van der Waals surface area (Å²) in [7, 11) is 0. The molecule has 0 aromatic carbocycles. The van der Waals surface area contributed by atoms with Crippen molar-refractivity contribution in [2.45, 2.75) is 58.3 Å². The summed E-state index contributed by atoms with van der Waals surface area (Å²) in [5.41, 5.74) is -0.256. The van der Waals surface area contributed by atoms with Crippen LogP contribution >= 0.6 is 23.1 Å². The molecule has 0 saturated carbocycles. The minimum atomic E-state index is -0.967. The van der Waals surface area contributed by atoms with Crippen molar-refractivity contribution in [2.24, 2.45) is 10.9 Å². The molecule has 10 heteroatoms. The van der Waals surface area contributed by atoms with Gasteiger partial charge in [-0.15, -0.1) is 23.1 Å². The van der Waals surface area contributed by atoms with Crippen molar-refractivity contribution in [3.63, 3.8) is 0 Å². The van der Waals surface area contributed by atoms with Crippen LogP contribution in [0.5, 0.6) is 0 Å². The first-order valence-electron chi connectivity index (χ1n) is 9.90. The van der Waals surface area contributed by atoms with Crippen molar-refractivity contribution in [3.8, 4) is 0 Å². The van der Waals surface area contributed by atoms with E-state index in [-0.39, 0.29) is 30.1 Å². The van der Waals surface area contributed by atoms with Crippen molar-refractivity contribution in [3.05, 3.63) is 28.2 Å². The van der Waals surface area contributed by atoms with Crippen LogP contribution in [-0.2, 0) is 20.9 Å². The fourth-order valence-electron chi connectivity index (χ4n) is 3.19. The Morgan fingerprint density at radius 3 is 2.73 bits per heavy atom. The topological polar surface area (TPSA) is 113 Å². The Bertz CT molecular complexity index is 895. The number of thioether (sulfide) groups is 1. The number of hydrogen-bond acceptors (Lipinski definition) is 7. The van der Waals surface area contributed by atoms with Crippen LogP contribution in [0.1, 0.15) is 44.8 Å². The molecule has 4 bridgehead atoms. The van der Waals surface area contributed by atoms with E-state index in [4.69, 9.17) is 0 Å². The molecule has 1 unspecified atom stereocenters. The molecule has 0 radical (unpaired) electrons. The highest BCUT2D eigenvalue weighted by Gasteiger charge is 2.41. The molecule has 162 valence electrons. The Morgan fingerprint density at radius 1 is 1.27 bits per heavy atom. The number of carbonyl (C=O) groups is 3. The van der Waals surface area contributed by atoms with Crippen LogP contribution in [0.25, 0.3) is 0 Å². The second-order valence-electron chi connectivity index (χ2n) is 7.92. The van der Waals surface area contributed by atoms with Crippen molar-refractivity contribution in [2.75, 3.05) is 5.75 Å². The Kier molecular flexibility index (Phi) is 6.97. The molecule has 30 heavy (non-hydrogen) atoms. The van der Waals surface area contributed by atoms with Gasteiger partial charge in [0.25, 0.3) is 0 Å². The first-order valence-corrected chi connectivity index (χ1v) is 11.8. The molecule has 8 nitrogen and oxygen atoms in total. The molecule has 0 spiro atoms. The third-order valence-corrected chi connectivity index (χ3v) is 7.06. The summed E-state index contributed by atoms with van der Waals surface area (Å²) in [4.78, 5) is 47.6. The van der Waals surface area contributed by atoms with Gasteiger partial charge in [-0.1, -0.05) is 26.0 Å². The van der Waals surface area contributed by atoms with Crippen molar-refractivity contribution < 1.29 is 14.4 Å². The summed E-state index contributed by atoms with van der Waals surface area (Å²) in [6.07, 6.45) is 3.67. The predicted octanol–water partition coefficient (Wildman–Crippen LogP) is 1.62. The van der Waals surface area contributed by atoms with Gasteiger partial charge in [0.2, 0.25) is 17.7 Å². The lowest BCUT2D eigenvalue weighted by Gasteiger charge is -2.27. The molecular formula is C20H27N5O3S2. The van der Waals surface area contributed by atoms with E-state index in [9.17, 15) is 14.4 Å². The Hall–Kier alpha value is -2.20. The molecule has 2 aliphatic rings. The highest BCUT2D eigenvalue weighted by Crippen LogP contribution is 2.32. The van der Waals surface area contributed by atoms with Crippen molar-refractivity contribution in [1.29, 1.82) is 0 Å². The first kappa shape index (κ1) is 22.5. The van der Waals surface area contributed by atoms with Gasteiger partial charge in [0.1, 0.15) is 27.3 Å². The van der Waals surface area contributed by atoms with Crippen LogP contribution in [-0.4, -0.2) is 51.1 Å². The number of carbonyl (C=O) groups excluding carboxylic acids is 3. The van der Waals surface area contributed by atoms with Gasteiger partial charge in [-0.3, -0.25) is 19.4 Å². The smallest absolute Gasteiger partial charge is 0.249 e. The summed E-state index contributed by atoms with van der Waals surface area (Å²) < 4.78 is 0. The molecule has 3 N–H and O–H groups in total. The second kappa shape index (κ2) is 9.30. The van der Waals surface area contributed by atoms with Crippen LogP contribution in [0.4, 0.5) is 0 Å². The zero-order valence-corrected chi connectivity index (χ0v) is 19.2. The number of fused-ring (bicyclic) bond motifs is 4. The van der Waals surface area contributed by atoms with Crippen LogP contribution < -0.4 is 16.0 Å². The zero-order chi connectivity index (χ0) is 21.9. The van der Waals surface area contributed by atoms with Gasteiger partial charge < -0.3 is 16.0 Å². The number of thiazole rings is 1.